The topological polar surface area (TPSA) is 38.0 Å². The summed E-state index contributed by atoms with van der Waals surface area (Å²) in [6.45, 7) is 5.04. The maximum Gasteiger partial charge on any atom is 0.0514 e. The van der Waals surface area contributed by atoms with Crippen LogP contribution in [0.5, 0.6) is 0 Å². The molecule has 1 heterocycles. The molecule has 0 unspecified atom stereocenters. The molecular formula is C13H16N2S. The van der Waals surface area contributed by atoms with Crippen molar-refractivity contribution in [3.05, 3.63) is 45.6 Å². The largest absolute Gasteiger partial charge is 0.398 e. The maximum atomic E-state index is 5.83. The van der Waals surface area contributed by atoms with Crippen LogP contribution in [0.25, 0.3) is 0 Å². The van der Waals surface area contributed by atoms with E-state index >= 15 is 0 Å². The summed E-state index contributed by atoms with van der Waals surface area (Å²) in [5, 5.41) is 5.41. The molecule has 0 aliphatic heterocycles. The molecule has 0 radical (unpaired) electrons. The van der Waals surface area contributed by atoms with E-state index in [-0.39, 0.29) is 0 Å². The van der Waals surface area contributed by atoms with Crippen molar-refractivity contribution in [1.29, 1.82) is 0 Å². The Kier molecular flexibility index (Phi) is 3.15. The molecule has 0 saturated carbocycles. The molecular weight excluding hydrogens is 216 g/mol. The van der Waals surface area contributed by atoms with Crippen LogP contribution in [0.15, 0.2) is 29.6 Å². The van der Waals surface area contributed by atoms with Gasteiger partial charge in [0, 0.05) is 16.3 Å². The van der Waals surface area contributed by atoms with E-state index in [2.05, 4.69) is 37.4 Å². The lowest BCUT2D eigenvalue weighted by atomic mass is 10.1. The van der Waals surface area contributed by atoms with Crippen molar-refractivity contribution in [3.63, 3.8) is 0 Å². The molecule has 1 aromatic carbocycles. The van der Waals surface area contributed by atoms with Crippen molar-refractivity contribution >= 4 is 22.7 Å². The zero-order valence-electron chi connectivity index (χ0n) is 9.58. The molecule has 0 bridgehead atoms. The molecule has 3 N–H and O–H groups in total. The number of thiophene rings is 1. The van der Waals surface area contributed by atoms with Gasteiger partial charge in [-0.2, -0.15) is 0 Å². The van der Waals surface area contributed by atoms with Crippen LogP contribution >= 0.6 is 11.3 Å². The second-order valence-electron chi connectivity index (χ2n) is 3.95. The van der Waals surface area contributed by atoms with Gasteiger partial charge in [-0.25, -0.2) is 0 Å². The predicted octanol–water partition coefficient (Wildman–Crippen LogP) is 3.56. The first-order chi connectivity index (χ1) is 7.66. The monoisotopic (exact) mass is 232 g/mol. The van der Waals surface area contributed by atoms with Gasteiger partial charge in [-0.3, -0.25) is 0 Å². The molecule has 0 spiro atoms. The lowest BCUT2D eigenvalue weighted by Gasteiger charge is -2.08. The highest BCUT2D eigenvalue weighted by atomic mass is 32.1. The summed E-state index contributed by atoms with van der Waals surface area (Å²) >= 11 is 1.69. The predicted molar refractivity (Wildman–Crippen MR) is 72.0 cm³/mol. The third-order valence-electron chi connectivity index (χ3n) is 2.74. The zero-order valence-corrected chi connectivity index (χ0v) is 10.4. The molecule has 0 aliphatic carbocycles. The van der Waals surface area contributed by atoms with E-state index in [1.54, 1.807) is 11.3 Å². The molecule has 0 aliphatic rings. The molecule has 0 fully saturated rings. The van der Waals surface area contributed by atoms with Crippen LogP contribution < -0.4 is 11.1 Å². The zero-order chi connectivity index (χ0) is 11.5. The first-order valence-corrected chi connectivity index (χ1v) is 6.18. The van der Waals surface area contributed by atoms with Crippen LogP contribution in [0.2, 0.25) is 0 Å². The summed E-state index contributed by atoms with van der Waals surface area (Å²) in [5.74, 6) is 0. The Morgan fingerprint density at radius 2 is 2.00 bits per heavy atom. The molecule has 0 saturated heterocycles. The third kappa shape index (κ3) is 2.36. The molecule has 2 nitrogen and oxygen atoms in total. The van der Waals surface area contributed by atoms with E-state index in [1.165, 1.54) is 16.0 Å². The number of benzene rings is 1. The van der Waals surface area contributed by atoms with E-state index in [0.717, 1.165) is 17.9 Å². The van der Waals surface area contributed by atoms with Crippen LogP contribution in [0, 0.1) is 13.8 Å². The van der Waals surface area contributed by atoms with Crippen molar-refractivity contribution in [2.45, 2.75) is 20.4 Å². The SMILES string of the molecule is Cc1ccc(NCc2sccc2N)cc1C. The van der Waals surface area contributed by atoms with Crippen molar-refractivity contribution in [2.75, 3.05) is 11.1 Å². The lowest BCUT2D eigenvalue weighted by Crippen LogP contribution is -2.00. The quantitative estimate of drug-likeness (QED) is 0.849. The minimum absolute atomic E-state index is 0.798. The number of nitrogens with two attached hydrogens (primary N) is 1. The average Bonchev–Trinajstić information content (AvgIpc) is 2.66. The summed E-state index contributed by atoms with van der Waals surface area (Å²) < 4.78 is 0. The molecule has 0 atom stereocenters. The Balaban J connectivity index is 2.05. The van der Waals surface area contributed by atoms with Crippen LogP contribution in [-0.4, -0.2) is 0 Å². The fraction of sp³-hybridized carbons (Fsp3) is 0.231. The normalized spacial score (nSPS) is 10.4. The van der Waals surface area contributed by atoms with Crippen molar-refractivity contribution < 1.29 is 0 Å². The van der Waals surface area contributed by atoms with Crippen LogP contribution in [0.4, 0.5) is 11.4 Å². The van der Waals surface area contributed by atoms with Gasteiger partial charge < -0.3 is 11.1 Å². The molecule has 16 heavy (non-hydrogen) atoms. The minimum Gasteiger partial charge on any atom is -0.398 e. The summed E-state index contributed by atoms with van der Waals surface area (Å²) in [6, 6.07) is 8.35. The van der Waals surface area contributed by atoms with E-state index in [9.17, 15) is 0 Å². The molecule has 2 aromatic rings. The molecule has 0 amide bonds. The fourth-order valence-electron chi connectivity index (χ4n) is 1.53. The minimum atomic E-state index is 0.798. The number of hydrogen-bond donors (Lipinski definition) is 2. The van der Waals surface area contributed by atoms with Gasteiger partial charge in [0.15, 0.2) is 0 Å². The molecule has 3 heteroatoms. The number of rotatable bonds is 3. The smallest absolute Gasteiger partial charge is 0.0514 e. The van der Waals surface area contributed by atoms with Gasteiger partial charge in [0.2, 0.25) is 0 Å². The Bertz CT molecular complexity index is 488. The number of nitrogen functional groups attached to an aromatic ring is 1. The second-order valence-corrected chi connectivity index (χ2v) is 4.95. The van der Waals surface area contributed by atoms with Gasteiger partial charge >= 0.3 is 0 Å². The van der Waals surface area contributed by atoms with Crippen molar-refractivity contribution in [3.8, 4) is 0 Å². The van der Waals surface area contributed by atoms with Crippen LogP contribution in [0.3, 0.4) is 0 Å². The number of anilines is 2. The van der Waals surface area contributed by atoms with Crippen molar-refractivity contribution in [1.82, 2.24) is 0 Å². The Morgan fingerprint density at radius 1 is 1.19 bits per heavy atom. The van der Waals surface area contributed by atoms with Gasteiger partial charge in [0.25, 0.3) is 0 Å². The summed E-state index contributed by atoms with van der Waals surface area (Å²) in [6.07, 6.45) is 0. The van der Waals surface area contributed by atoms with Crippen LogP contribution in [-0.2, 0) is 6.54 Å². The number of aryl methyl sites for hydroxylation is 2. The molecule has 84 valence electrons. The van der Waals surface area contributed by atoms with Gasteiger partial charge in [-0.05, 0) is 48.6 Å². The van der Waals surface area contributed by atoms with E-state index in [4.69, 9.17) is 5.73 Å². The van der Waals surface area contributed by atoms with E-state index in [1.807, 2.05) is 11.4 Å². The van der Waals surface area contributed by atoms with E-state index < -0.39 is 0 Å². The Labute approximate surface area is 100 Å². The van der Waals surface area contributed by atoms with Crippen molar-refractivity contribution in [2.24, 2.45) is 0 Å². The van der Waals surface area contributed by atoms with E-state index in [0.29, 0.717) is 0 Å². The number of nitrogens with one attached hydrogen (secondary N) is 1. The molecule has 2 rings (SSSR count). The standard InChI is InChI=1S/C13H16N2S/c1-9-3-4-11(7-10(9)2)15-8-13-12(14)5-6-16-13/h3-7,15H,8,14H2,1-2H3. The highest BCUT2D eigenvalue weighted by Crippen LogP contribution is 2.21. The van der Waals surface area contributed by atoms with Gasteiger partial charge in [0.05, 0.1) is 6.54 Å². The first kappa shape index (κ1) is 11.0. The Hall–Kier alpha value is -1.48. The number of hydrogen-bond acceptors (Lipinski definition) is 3. The van der Waals surface area contributed by atoms with Gasteiger partial charge in [0.1, 0.15) is 0 Å². The first-order valence-electron chi connectivity index (χ1n) is 5.30. The fourth-order valence-corrected chi connectivity index (χ4v) is 2.27. The van der Waals surface area contributed by atoms with Gasteiger partial charge in [-0.1, -0.05) is 6.07 Å². The third-order valence-corrected chi connectivity index (χ3v) is 3.68. The lowest BCUT2D eigenvalue weighted by molar-refractivity contribution is 1.19. The highest BCUT2D eigenvalue weighted by Gasteiger charge is 2.01. The van der Waals surface area contributed by atoms with Crippen LogP contribution in [0.1, 0.15) is 16.0 Å². The maximum absolute atomic E-state index is 5.83. The average molecular weight is 232 g/mol. The molecule has 1 aromatic heterocycles. The van der Waals surface area contributed by atoms with Gasteiger partial charge in [-0.15, -0.1) is 11.3 Å². The second kappa shape index (κ2) is 4.58. The Morgan fingerprint density at radius 3 is 2.62 bits per heavy atom. The summed E-state index contributed by atoms with van der Waals surface area (Å²) in [4.78, 5) is 1.19. The summed E-state index contributed by atoms with van der Waals surface area (Å²) in [5.41, 5.74) is 10.5. The highest BCUT2D eigenvalue weighted by molar-refractivity contribution is 7.10. The summed E-state index contributed by atoms with van der Waals surface area (Å²) in [7, 11) is 0.